The third-order valence-corrected chi connectivity index (χ3v) is 7.60. The maximum absolute atomic E-state index is 12.1. The first-order valence-corrected chi connectivity index (χ1v) is 14.5. The number of nitrogens with one attached hydrogen (secondary N) is 1. The Hall–Kier alpha value is -3.31. The number of nitrogens with zero attached hydrogens (tertiary/aromatic N) is 2. The zero-order chi connectivity index (χ0) is 28.2. The zero-order valence-corrected chi connectivity index (χ0v) is 23.1. The van der Waals surface area contributed by atoms with Crippen LogP contribution in [-0.4, -0.2) is 43.9 Å². The Labute approximate surface area is 238 Å². The second-order valence-corrected chi connectivity index (χ2v) is 10.7. The summed E-state index contributed by atoms with van der Waals surface area (Å²) < 4.78 is 12.8. The summed E-state index contributed by atoms with van der Waals surface area (Å²) in [5.41, 5.74) is 3.72. The highest BCUT2D eigenvalue weighted by Crippen LogP contribution is 2.39. The van der Waals surface area contributed by atoms with Gasteiger partial charge in [-0.2, -0.15) is 0 Å². The Morgan fingerprint density at radius 3 is 2.27 bits per heavy atom. The van der Waals surface area contributed by atoms with Crippen LogP contribution in [0.25, 0.3) is 0 Å². The van der Waals surface area contributed by atoms with Crippen molar-refractivity contribution in [1.82, 2.24) is 15.3 Å². The molecular weight excluding hydrogens is 530 g/mol. The number of carbonyl (C=O) groups excluding carboxylic acids is 1. The number of carboxylic acids is 1. The molecule has 212 valence electrons. The van der Waals surface area contributed by atoms with Crippen molar-refractivity contribution in [2.24, 2.45) is 0 Å². The average Bonchev–Trinajstić information content (AvgIpc) is 2.99. The first-order valence-electron chi connectivity index (χ1n) is 13.5. The first kappa shape index (κ1) is 29.7. The molecule has 3 aromatic rings. The Balaban J connectivity index is 1.34. The van der Waals surface area contributed by atoms with Crippen LogP contribution in [0.3, 0.4) is 0 Å². The van der Waals surface area contributed by atoms with Gasteiger partial charge in [0.25, 0.3) is 0 Å². The minimum atomic E-state index is -0.805. The van der Waals surface area contributed by atoms with Crippen LogP contribution in [0.4, 0.5) is 0 Å². The molecule has 9 nitrogen and oxygen atoms in total. The minimum Gasteiger partial charge on any atom is -0.481 e. The molecule has 1 amide bonds. The van der Waals surface area contributed by atoms with E-state index in [-0.39, 0.29) is 31.1 Å². The number of hydrogen-bond donors (Lipinski definition) is 3. The van der Waals surface area contributed by atoms with E-state index in [1.165, 1.54) is 0 Å². The summed E-state index contributed by atoms with van der Waals surface area (Å²) in [6.07, 6.45) is 5.80. The lowest BCUT2D eigenvalue weighted by molar-refractivity contribution is -0.245. The maximum Gasteiger partial charge on any atom is 0.303 e. The van der Waals surface area contributed by atoms with Crippen molar-refractivity contribution in [3.63, 3.8) is 0 Å². The molecule has 0 spiro atoms. The first-order chi connectivity index (χ1) is 19.5. The summed E-state index contributed by atoms with van der Waals surface area (Å²) >= 11 is 1.55. The Kier molecular flexibility index (Phi) is 11.5. The fourth-order valence-electron chi connectivity index (χ4n) is 4.37. The number of aliphatic hydroxyl groups excluding tert-OH is 1. The van der Waals surface area contributed by atoms with Crippen molar-refractivity contribution in [1.29, 1.82) is 0 Å². The predicted octanol–water partition coefficient (Wildman–Crippen LogP) is 4.96. The molecule has 0 saturated carbocycles. The van der Waals surface area contributed by atoms with Crippen LogP contribution in [0.1, 0.15) is 73.2 Å². The molecule has 1 aliphatic rings. The highest BCUT2D eigenvalue weighted by atomic mass is 32.2. The SMILES string of the molecule is O=C(O)CCCCCC(=O)NCc1ccc(C2OC(CSc3ncccn3)CC(c3ccc(CO)cc3)O2)cc1. The molecule has 4 rings (SSSR count). The third-order valence-electron chi connectivity index (χ3n) is 6.59. The molecule has 1 aromatic heterocycles. The van der Waals surface area contributed by atoms with Gasteiger partial charge in [0.1, 0.15) is 0 Å². The Morgan fingerprint density at radius 2 is 1.57 bits per heavy atom. The lowest BCUT2D eigenvalue weighted by atomic mass is 10.0. The average molecular weight is 566 g/mol. The number of unbranched alkanes of at least 4 members (excludes halogenated alkanes) is 2. The van der Waals surface area contributed by atoms with Crippen molar-refractivity contribution in [2.75, 3.05) is 5.75 Å². The number of hydrogen-bond acceptors (Lipinski definition) is 8. The molecule has 3 atom stereocenters. The number of aliphatic hydroxyl groups is 1. The van der Waals surface area contributed by atoms with Gasteiger partial charge in [-0.3, -0.25) is 9.59 Å². The van der Waals surface area contributed by atoms with E-state index in [0.29, 0.717) is 43.1 Å². The van der Waals surface area contributed by atoms with Gasteiger partial charge in [0.2, 0.25) is 5.91 Å². The smallest absolute Gasteiger partial charge is 0.303 e. The van der Waals surface area contributed by atoms with Crippen LogP contribution in [0.5, 0.6) is 0 Å². The van der Waals surface area contributed by atoms with Gasteiger partial charge < -0.3 is 25.0 Å². The van der Waals surface area contributed by atoms with Crippen molar-refractivity contribution in [3.05, 3.63) is 89.2 Å². The van der Waals surface area contributed by atoms with Crippen LogP contribution < -0.4 is 5.32 Å². The van der Waals surface area contributed by atoms with Gasteiger partial charge in [0, 0.05) is 49.5 Å². The van der Waals surface area contributed by atoms with Gasteiger partial charge >= 0.3 is 5.97 Å². The number of thioether (sulfide) groups is 1. The molecule has 1 fully saturated rings. The van der Waals surface area contributed by atoms with Gasteiger partial charge in [-0.05, 0) is 35.6 Å². The summed E-state index contributed by atoms with van der Waals surface area (Å²) in [6.45, 7) is 0.407. The molecule has 3 N–H and O–H groups in total. The summed E-state index contributed by atoms with van der Waals surface area (Å²) in [7, 11) is 0. The predicted molar refractivity (Wildman–Crippen MR) is 150 cm³/mol. The Morgan fingerprint density at radius 1 is 0.900 bits per heavy atom. The van der Waals surface area contributed by atoms with E-state index in [0.717, 1.165) is 28.7 Å². The summed E-state index contributed by atoms with van der Waals surface area (Å²) in [5, 5.41) is 21.7. The maximum atomic E-state index is 12.1. The van der Waals surface area contributed by atoms with E-state index in [9.17, 15) is 14.7 Å². The van der Waals surface area contributed by atoms with Crippen molar-refractivity contribution >= 4 is 23.6 Å². The molecular formula is C30H35N3O6S. The van der Waals surface area contributed by atoms with Gasteiger partial charge in [-0.1, -0.05) is 66.7 Å². The van der Waals surface area contributed by atoms with E-state index in [2.05, 4.69) is 15.3 Å². The number of rotatable bonds is 14. The van der Waals surface area contributed by atoms with E-state index in [1.807, 2.05) is 48.5 Å². The molecule has 1 aliphatic heterocycles. The largest absolute Gasteiger partial charge is 0.481 e. The van der Waals surface area contributed by atoms with Gasteiger partial charge in [-0.15, -0.1) is 0 Å². The molecule has 1 saturated heterocycles. The normalized spacial score (nSPS) is 18.8. The number of carboxylic acid groups (broad SMARTS) is 1. The van der Waals surface area contributed by atoms with E-state index in [1.54, 1.807) is 30.2 Å². The molecule has 10 heteroatoms. The lowest BCUT2D eigenvalue weighted by Crippen LogP contribution is -2.31. The molecule has 0 aliphatic carbocycles. The van der Waals surface area contributed by atoms with E-state index in [4.69, 9.17) is 14.6 Å². The third kappa shape index (κ3) is 9.41. The topological polar surface area (TPSA) is 131 Å². The van der Waals surface area contributed by atoms with Crippen LogP contribution in [0.15, 0.2) is 72.1 Å². The minimum absolute atomic E-state index is 0.00647. The number of aromatic nitrogens is 2. The molecule has 2 aromatic carbocycles. The monoisotopic (exact) mass is 565 g/mol. The number of amides is 1. The standard InChI is InChI=1S/C30H35N3O6S/c34-19-22-9-11-23(12-10-22)26-17-25(20-40-30-31-15-4-16-32-30)38-29(39-26)24-13-7-21(8-14-24)18-33-27(35)5-2-1-3-6-28(36)37/h4,7-16,25-26,29,34H,1-3,5-6,17-20H2,(H,33,35)(H,36,37). The van der Waals surface area contributed by atoms with Crippen LogP contribution in [0.2, 0.25) is 0 Å². The second kappa shape index (κ2) is 15.5. The van der Waals surface area contributed by atoms with E-state index >= 15 is 0 Å². The molecule has 0 bridgehead atoms. The number of ether oxygens (including phenoxy) is 2. The summed E-state index contributed by atoms with van der Waals surface area (Å²) in [4.78, 5) is 31.3. The fourth-order valence-corrected chi connectivity index (χ4v) is 5.19. The highest BCUT2D eigenvalue weighted by molar-refractivity contribution is 7.99. The van der Waals surface area contributed by atoms with Crippen molar-refractivity contribution < 1.29 is 29.3 Å². The zero-order valence-electron chi connectivity index (χ0n) is 22.3. The molecule has 2 heterocycles. The van der Waals surface area contributed by atoms with Crippen molar-refractivity contribution in [2.45, 2.75) is 75.3 Å². The number of benzene rings is 2. The van der Waals surface area contributed by atoms with Gasteiger partial charge in [0.05, 0.1) is 18.8 Å². The lowest BCUT2D eigenvalue weighted by Gasteiger charge is -2.36. The summed E-state index contributed by atoms with van der Waals surface area (Å²) in [5.74, 6) is -0.174. The quantitative estimate of drug-likeness (QED) is 0.141. The highest BCUT2D eigenvalue weighted by Gasteiger charge is 2.32. The molecule has 0 radical (unpaired) electrons. The summed E-state index contributed by atoms with van der Waals surface area (Å²) in [6, 6.07) is 17.4. The van der Waals surface area contributed by atoms with Crippen molar-refractivity contribution in [3.8, 4) is 0 Å². The fraction of sp³-hybridized carbons (Fsp3) is 0.400. The number of aliphatic carboxylic acids is 1. The van der Waals surface area contributed by atoms with Gasteiger partial charge in [-0.25, -0.2) is 9.97 Å². The molecule has 3 unspecified atom stereocenters. The van der Waals surface area contributed by atoms with Crippen LogP contribution in [0, 0.1) is 0 Å². The second-order valence-electron chi connectivity index (χ2n) is 9.67. The van der Waals surface area contributed by atoms with Crippen LogP contribution >= 0.6 is 11.8 Å². The molecule has 40 heavy (non-hydrogen) atoms. The van der Waals surface area contributed by atoms with Crippen LogP contribution in [-0.2, 0) is 32.2 Å². The number of carbonyl (C=O) groups is 2. The van der Waals surface area contributed by atoms with E-state index < -0.39 is 12.3 Å². The van der Waals surface area contributed by atoms with Gasteiger partial charge in [0.15, 0.2) is 11.4 Å². The Bertz CT molecular complexity index is 1210.